The Hall–Kier alpha value is -2.85. The maximum atomic E-state index is 13.2. The molecular weight excluding hydrogens is 312 g/mol. The van der Waals surface area contributed by atoms with Crippen LogP contribution in [0.1, 0.15) is 22.0 Å². The molecule has 1 unspecified atom stereocenters. The second-order valence-corrected chi connectivity index (χ2v) is 6.14. The highest BCUT2D eigenvalue weighted by Gasteiger charge is 2.29. The molecule has 25 heavy (non-hydrogen) atoms. The van der Waals surface area contributed by atoms with E-state index in [1.165, 1.54) is 0 Å². The summed E-state index contributed by atoms with van der Waals surface area (Å²) in [5, 5.41) is 0. The number of nitrogens with zero attached hydrogens (tertiary/aromatic N) is 2. The van der Waals surface area contributed by atoms with Crippen molar-refractivity contribution in [3.8, 4) is 5.69 Å². The van der Waals surface area contributed by atoms with E-state index in [4.69, 9.17) is 4.74 Å². The summed E-state index contributed by atoms with van der Waals surface area (Å²) >= 11 is 0. The van der Waals surface area contributed by atoms with E-state index >= 15 is 0 Å². The molecule has 4 nitrogen and oxygen atoms in total. The monoisotopic (exact) mass is 332 g/mol. The predicted molar refractivity (Wildman–Crippen MR) is 96.8 cm³/mol. The summed E-state index contributed by atoms with van der Waals surface area (Å²) in [4.78, 5) is 15.1. The molecule has 1 atom stereocenters. The normalized spacial score (nSPS) is 17.4. The lowest BCUT2D eigenvalue weighted by Gasteiger charge is -2.36. The number of aromatic nitrogens is 1. The average molecular weight is 332 g/mol. The van der Waals surface area contributed by atoms with E-state index in [1.807, 2.05) is 76.5 Å². The molecule has 4 heteroatoms. The van der Waals surface area contributed by atoms with E-state index in [-0.39, 0.29) is 11.9 Å². The van der Waals surface area contributed by atoms with Gasteiger partial charge in [0.2, 0.25) is 0 Å². The van der Waals surface area contributed by atoms with E-state index in [0.29, 0.717) is 25.3 Å². The number of carbonyl (C=O) groups is 1. The summed E-state index contributed by atoms with van der Waals surface area (Å²) in [6, 6.07) is 21.8. The number of carbonyl (C=O) groups excluding carboxylic acids is 1. The fourth-order valence-corrected chi connectivity index (χ4v) is 3.27. The number of hydrogen-bond donors (Lipinski definition) is 0. The van der Waals surface area contributed by atoms with Crippen LogP contribution in [0.25, 0.3) is 5.69 Å². The fourth-order valence-electron chi connectivity index (χ4n) is 3.27. The summed E-state index contributed by atoms with van der Waals surface area (Å²) in [6.45, 7) is 1.71. The number of benzene rings is 2. The Bertz CT molecular complexity index is 843. The standard InChI is InChI=1S/C21H20N2O2/c24-21(18-9-6-10-19(15-18)22-11-4-5-12-22)23-13-14-25-16-20(23)17-7-2-1-3-8-17/h1-12,15,20H,13-14,16H2. The quantitative estimate of drug-likeness (QED) is 0.733. The summed E-state index contributed by atoms with van der Waals surface area (Å²) < 4.78 is 7.64. The van der Waals surface area contributed by atoms with Crippen LogP contribution in [0.15, 0.2) is 79.1 Å². The molecule has 1 aromatic heterocycles. The van der Waals surface area contributed by atoms with E-state index in [2.05, 4.69) is 12.1 Å². The van der Waals surface area contributed by atoms with Crippen molar-refractivity contribution in [3.63, 3.8) is 0 Å². The third-order valence-corrected chi connectivity index (χ3v) is 4.57. The van der Waals surface area contributed by atoms with Crippen molar-refractivity contribution in [3.05, 3.63) is 90.3 Å². The van der Waals surface area contributed by atoms with Gasteiger partial charge in [-0.3, -0.25) is 4.79 Å². The van der Waals surface area contributed by atoms with Gasteiger partial charge in [0.25, 0.3) is 5.91 Å². The van der Waals surface area contributed by atoms with Crippen LogP contribution in [0.5, 0.6) is 0 Å². The molecule has 126 valence electrons. The van der Waals surface area contributed by atoms with E-state index in [1.54, 1.807) is 0 Å². The van der Waals surface area contributed by atoms with Gasteiger partial charge in [-0.25, -0.2) is 0 Å². The number of rotatable bonds is 3. The molecule has 2 heterocycles. The molecule has 1 aliphatic heterocycles. The van der Waals surface area contributed by atoms with Crippen LogP contribution in [-0.4, -0.2) is 35.1 Å². The van der Waals surface area contributed by atoms with Crippen molar-refractivity contribution in [2.24, 2.45) is 0 Å². The van der Waals surface area contributed by atoms with Gasteiger partial charge < -0.3 is 14.2 Å². The van der Waals surface area contributed by atoms with Gasteiger partial charge in [-0.05, 0) is 35.9 Å². The molecule has 0 bridgehead atoms. The zero-order chi connectivity index (χ0) is 17.1. The molecule has 0 radical (unpaired) electrons. The van der Waals surface area contributed by atoms with Crippen LogP contribution in [0.4, 0.5) is 0 Å². The van der Waals surface area contributed by atoms with Crippen molar-refractivity contribution in [2.45, 2.75) is 6.04 Å². The maximum Gasteiger partial charge on any atom is 0.254 e. The highest BCUT2D eigenvalue weighted by molar-refractivity contribution is 5.95. The predicted octanol–water partition coefficient (Wildman–Crippen LogP) is 3.69. The van der Waals surface area contributed by atoms with Crippen molar-refractivity contribution in [2.75, 3.05) is 19.8 Å². The van der Waals surface area contributed by atoms with Gasteiger partial charge in [-0.1, -0.05) is 36.4 Å². The summed E-state index contributed by atoms with van der Waals surface area (Å²) in [5.74, 6) is 0.0474. The second kappa shape index (κ2) is 6.95. The molecule has 1 amide bonds. The highest BCUT2D eigenvalue weighted by Crippen LogP contribution is 2.26. The van der Waals surface area contributed by atoms with Gasteiger partial charge in [-0.2, -0.15) is 0 Å². The Labute approximate surface area is 147 Å². The Morgan fingerprint density at radius 1 is 0.960 bits per heavy atom. The molecular formula is C21H20N2O2. The molecule has 1 saturated heterocycles. The molecule has 0 N–H and O–H groups in total. The van der Waals surface area contributed by atoms with Crippen LogP contribution in [0.3, 0.4) is 0 Å². The van der Waals surface area contributed by atoms with Gasteiger partial charge >= 0.3 is 0 Å². The first-order chi connectivity index (χ1) is 12.3. The Morgan fingerprint density at radius 2 is 1.76 bits per heavy atom. The topological polar surface area (TPSA) is 34.5 Å². The van der Waals surface area contributed by atoms with Gasteiger partial charge in [0, 0.05) is 30.2 Å². The summed E-state index contributed by atoms with van der Waals surface area (Å²) in [7, 11) is 0. The molecule has 0 aliphatic carbocycles. The highest BCUT2D eigenvalue weighted by atomic mass is 16.5. The van der Waals surface area contributed by atoms with Crippen LogP contribution < -0.4 is 0 Å². The van der Waals surface area contributed by atoms with Crippen LogP contribution >= 0.6 is 0 Å². The number of amides is 1. The van der Waals surface area contributed by atoms with Crippen molar-refractivity contribution in [1.82, 2.24) is 9.47 Å². The van der Waals surface area contributed by atoms with E-state index in [0.717, 1.165) is 11.3 Å². The van der Waals surface area contributed by atoms with Gasteiger partial charge in [0.05, 0.1) is 19.3 Å². The lowest BCUT2D eigenvalue weighted by molar-refractivity contribution is -0.00269. The maximum absolute atomic E-state index is 13.2. The number of hydrogen-bond acceptors (Lipinski definition) is 2. The van der Waals surface area contributed by atoms with E-state index in [9.17, 15) is 4.79 Å². The lowest BCUT2D eigenvalue weighted by atomic mass is 10.0. The first kappa shape index (κ1) is 15.7. The molecule has 0 spiro atoms. The zero-order valence-corrected chi connectivity index (χ0v) is 13.9. The summed E-state index contributed by atoms with van der Waals surface area (Å²) in [6.07, 6.45) is 3.95. The number of ether oxygens (including phenoxy) is 1. The van der Waals surface area contributed by atoms with E-state index < -0.39 is 0 Å². The zero-order valence-electron chi connectivity index (χ0n) is 13.9. The van der Waals surface area contributed by atoms with Gasteiger partial charge in [0.15, 0.2) is 0 Å². The van der Waals surface area contributed by atoms with Crippen LogP contribution in [-0.2, 0) is 4.74 Å². The average Bonchev–Trinajstić information content (AvgIpc) is 3.23. The minimum atomic E-state index is -0.0438. The van der Waals surface area contributed by atoms with Crippen LogP contribution in [0, 0.1) is 0 Å². The Kier molecular flexibility index (Phi) is 4.36. The van der Waals surface area contributed by atoms with Gasteiger partial charge in [0.1, 0.15) is 0 Å². The van der Waals surface area contributed by atoms with Crippen molar-refractivity contribution in [1.29, 1.82) is 0 Å². The third-order valence-electron chi connectivity index (χ3n) is 4.57. The molecule has 1 aliphatic rings. The second-order valence-electron chi connectivity index (χ2n) is 6.14. The molecule has 4 rings (SSSR count). The molecule has 3 aromatic rings. The fraction of sp³-hybridized carbons (Fsp3) is 0.190. The van der Waals surface area contributed by atoms with Crippen LogP contribution in [0.2, 0.25) is 0 Å². The number of morpholine rings is 1. The minimum Gasteiger partial charge on any atom is -0.377 e. The van der Waals surface area contributed by atoms with Crippen molar-refractivity contribution >= 4 is 5.91 Å². The molecule has 1 fully saturated rings. The SMILES string of the molecule is O=C(c1cccc(-n2cccc2)c1)N1CCOCC1c1ccccc1. The third kappa shape index (κ3) is 3.21. The van der Waals surface area contributed by atoms with Crippen molar-refractivity contribution < 1.29 is 9.53 Å². The Balaban J connectivity index is 1.64. The minimum absolute atomic E-state index is 0.0438. The molecule has 0 saturated carbocycles. The van der Waals surface area contributed by atoms with Gasteiger partial charge in [-0.15, -0.1) is 0 Å². The Morgan fingerprint density at radius 3 is 2.56 bits per heavy atom. The summed E-state index contributed by atoms with van der Waals surface area (Å²) in [5.41, 5.74) is 2.80. The first-order valence-electron chi connectivity index (χ1n) is 8.50. The lowest BCUT2D eigenvalue weighted by Crippen LogP contribution is -2.43. The first-order valence-corrected chi connectivity index (χ1v) is 8.50. The molecule has 2 aromatic carbocycles. The largest absolute Gasteiger partial charge is 0.377 e. The smallest absolute Gasteiger partial charge is 0.254 e.